The molecule has 1 amide bonds. The van der Waals surface area contributed by atoms with Crippen molar-refractivity contribution in [3.8, 4) is 0 Å². The summed E-state index contributed by atoms with van der Waals surface area (Å²) in [5, 5.41) is 10.3. The molecule has 0 bridgehead atoms. The van der Waals surface area contributed by atoms with E-state index in [0.717, 1.165) is 12.8 Å². The molecule has 1 heterocycles. The van der Waals surface area contributed by atoms with Gasteiger partial charge in [0.05, 0.1) is 5.92 Å². The molecule has 3 N–H and O–H groups in total. The zero-order valence-electron chi connectivity index (χ0n) is 9.11. The van der Waals surface area contributed by atoms with Crippen LogP contribution in [0.2, 0.25) is 5.15 Å². The van der Waals surface area contributed by atoms with E-state index in [4.69, 9.17) is 17.3 Å². The van der Waals surface area contributed by atoms with Crippen LogP contribution >= 0.6 is 11.6 Å². The molecule has 1 rings (SSSR count). The number of aromatic nitrogens is 2. The molecule has 1 atom stereocenters. The summed E-state index contributed by atoms with van der Waals surface area (Å²) in [5.41, 5.74) is 5.52. The van der Waals surface area contributed by atoms with Crippen LogP contribution in [0.4, 0.5) is 5.82 Å². The Bertz CT molecular complexity index is 341. The van der Waals surface area contributed by atoms with Gasteiger partial charge in [0.1, 0.15) is 0 Å². The predicted octanol–water partition coefficient (Wildman–Crippen LogP) is 1.44. The van der Waals surface area contributed by atoms with Crippen LogP contribution in [0.5, 0.6) is 0 Å². The molecule has 0 aliphatic rings. The fourth-order valence-corrected chi connectivity index (χ4v) is 1.42. The summed E-state index contributed by atoms with van der Waals surface area (Å²) < 4.78 is 0. The van der Waals surface area contributed by atoms with Crippen molar-refractivity contribution < 1.29 is 4.79 Å². The molecule has 6 heteroatoms. The van der Waals surface area contributed by atoms with E-state index >= 15 is 0 Å². The molecule has 1 aromatic heterocycles. The van der Waals surface area contributed by atoms with Crippen molar-refractivity contribution in [2.75, 3.05) is 11.9 Å². The maximum Gasteiger partial charge on any atom is 0.229 e. The molecule has 0 radical (unpaired) electrons. The molecular formula is C10H15ClN4O. The van der Waals surface area contributed by atoms with Crippen molar-refractivity contribution in [3.63, 3.8) is 0 Å². The summed E-state index contributed by atoms with van der Waals surface area (Å²) in [5.74, 6) is 0.0902. The Morgan fingerprint density at radius 3 is 2.81 bits per heavy atom. The number of nitrogens with zero attached hydrogens (tertiary/aromatic N) is 2. The minimum atomic E-state index is -0.178. The number of amides is 1. The van der Waals surface area contributed by atoms with Gasteiger partial charge in [-0.05, 0) is 18.6 Å². The summed E-state index contributed by atoms with van der Waals surface area (Å²) >= 11 is 5.58. The first-order valence-corrected chi connectivity index (χ1v) is 5.55. The van der Waals surface area contributed by atoms with Gasteiger partial charge in [-0.2, -0.15) is 0 Å². The van der Waals surface area contributed by atoms with Crippen LogP contribution in [0.3, 0.4) is 0 Å². The number of halogens is 1. The largest absolute Gasteiger partial charge is 0.330 e. The number of hydrogen-bond acceptors (Lipinski definition) is 4. The lowest BCUT2D eigenvalue weighted by Gasteiger charge is -2.12. The lowest BCUT2D eigenvalue weighted by Crippen LogP contribution is -2.29. The van der Waals surface area contributed by atoms with Gasteiger partial charge in [-0.25, -0.2) is 0 Å². The fraction of sp³-hybridized carbons (Fsp3) is 0.500. The SMILES string of the molecule is CCCC(CN)C(=O)Nc1ccc(Cl)nn1. The highest BCUT2D eigenvalue weighted by Gasteiger charge is 2.16. The van der Waals surface area contributed by atoms with Crippen LogP contribution in [-0.4, -0.2) is 22.6 Å². The first kappa shape index (κ1) is 12.9. The average Bonchev–Trinajstić information content (AvgIpc) is 2.29. The zero-order valence-corrected chi connectivity index (χ0v) is 9.87. The van der Waals surface area contributed by atoms with Gasteiger partial charge in [0.2, 0.25) is 5.91 Å². The Labute approximate surface area is 99.4 Å². The minimum absolute atomic E-state index is 0.124. The topological polar surface area (TPSA) is 80.9 Å². The van der Waals surface area contributed by atoms with E-state index in [-0.39, 0.29) is 11.8 Å². The van der Waals surface area contributed by atoms with Gasteiger partial charge in [0, 0.05) is 6.54 Å². The van der Waals surface area contributed by atoms with Crippen molar-refractivity contribution in [1.82, 2.24) is 10.2 Å². The second-order valence-corrected chi connectivity index (χ2v) is 3.84. The summed E-state index contributed by atoms with van der Waals surface area (Å²) in [4.78, 5) is 11.7. The Kier molecular flexibility index (Phi) is 5.14. The van der Waals surface area contributed by atoms with E-state index in [1.165, 1.54) is 0 Å². The lowest BCUT2D eigenvalue weighted by atomic mass is 10.0. The summed E-state index contributed by atoms with van der Waals surface area (Å²) in [7, 11) is 0. The fourth-order valence-electron chi connectivity index (χ4n) is 1.32. The molecule has 0 saturated heterocycles. The highest BCUT2D eigenvalue weighted by Crippen LogP contribution is 2.10. The van der Waals surface area contributed by atoms with Crippen LogP contribution in [0, 0.1) is 5.92 Å². The summed E-state index contributed by atoms with van der Waals surface area (Å²) in [6.45, 7) is 2.35. The Morgan fingerprint density at radius 2 is 2.31 bits per heavy atom. The third-order valence-electron chi connectivity index (χ3n) is 2.18. The summed E-state index contributed by atoms with van der Waals surface area (Å²) in [6, 6.07) is 3.17. The Balaban J connectivity index is 2.59. The second kappa shape index (κ2) is 6.40. The average molecular weight is 243 g/mol. The van der Waals surface area contributed by atoms with Gasteiger partial charge >= 0.3 is 0 Å². The third kappa shape index (κ3) is 3.75. The number of nitrogens with one attached hydrogen (secondary N) is 1. The van der Waals surface area contributed by atoms with Gasteiger partial charge in [0.25, 0.3) is 0 Å². The second-order valence-electron chi connectivity index (χ2n) is 3.45. The molecule has 1 aromatic rings. The molecule has 0 aromatic carbocycles. The van der Waals surface area contributed by atoms with E-state index < -0.39 is 0 Å². The number of anilines is 1. The van der Waals surface area contributed by atoms with Gasteiger partial charge in [0.15, 0.2) is 11.0 Å². The third-order valence-corrected chi connectivity index (χ3v) is 2.38. The van der Waals surface area contributed by atoms with Crippen molar-refractivity contribution in [2.45, 2.75) is 19.8 Å². The molecule has 5 nitrogen and oxygen atoms in total. The number of rotatable bonds is 5. The van der Waals surface area contributed by atoms with E-state index in [0.29, 0.717) is 17.5 Å². The molecular weight excluding hydrogens is 228 g/mol. The molecule has 16 heavy (non-hydrogen) atoms. The highest BCUT2D eigenvalue weighted by molar-refractivity contribution is 6.29. The lowest BCUT2D eigenvalue weighted by molar-refractivity contribution is -0.119. The molecule has 0 aliphatic carbocycles. The number of carbonyl (C=O) groups excluding carboxylic acids is 1. The summed E-state index contributed by atoms with van der Waals surface area (Å²) in [6.07, 6.45) is 1.69. The normalized spacial score (nSPS) is 12.2. The number of hydrogen-bond donors (Lipinski definition) is 2. The molecule has 0 aliphatic heterocycles. The molecule has 0 spiro atoms. The van der Waals surface area contributed by atoms with Crippen LogP contribution in [0.15, 0.2) is 12.1 Å². The van der Waals surface area contributed by atoms with Crippen molar-refractivity contribution in [1.29, 1.82) is 0 Å². The number of carbonyl (C=O) groups is 1. The smallest absolute Gasteiger partial charge is 0.229 e. The Morgan fingerprint density at radius 1 is 1.56 bits per heavy atom. The predicted molar refractivity (Wildman–Crippen MR) is 63.1 cm³/mol. The first-order chi connectivity index (χ1) is 7.67. The van der Waals surface area contributed by atoms with Crippen molar-refractivity contribution in [2.24, 2.45) is 11.7 Å². The minimum Gasteiger partial charge on any atom is -0.330 e. The van der Waals surface area contributed by atoms with Gasteiger partial charge < -0.3 is 11.1 Å². The molecule has 0 fully saturated rings. The molecule has 1 unspecified atom stereocenters. The quantitative estimate of drug-likeness (QED) is 0.819. The van der Waals surface area contributed by atoms with Crippen LogP contribution < -0.4 is 11.1 Å². The highest BCUT2D eigenvalue weighted by atomic mass is 35.5. The van der Waals surface area contributed by atoms with Crippen molar-refractivity contribution >= 4 is 23.3 Å². The maximum absolute atomic E-state index is 11.7. The molecule has 0 saturated carbocycles. The van der Waals surface area contributed by atoms with Gasteiger partial charge in [-0.1, -0.05) is 24.9 Å². The standard InChI is InChI=1S/C10H15ClN4O/c1-2-3-7(6-12)10(16)13-9-5-4-8(11)14-15-9/h4-5,7H,2-3,6,12H2,1H3,(H,13,15,16). The Hall–Kier alpha value is -1.20. The maximum atomic E-state index is 11.7. The first-order valence-electron chi connectivity index (χ1n) is 5.17. The monoisotopic (exact) mass is 242 g/mol. The van der Waals surface area contributed by atoms with E-state index in [9.17, 15) is 4.79 Å². The van der Waals surface area contributed by atoms with E-state index in [2.05, 4.69) is 15.5 Å². The van der Waals surface area contributed by atoms with Gasteiger partial charge in [-0.15, -0.1) is 10.2 Å². The van der Waals surface area contributed by atoms with Crippen LogP contribution in [-0.2, 0) is 4.79 Å². The zero-order chi connectivity index (χ0) is 12.0. The van der Waals surface area contributed by atoms with Crippen LogP contribution in [0.25, 0.3) is 0 Å². The van der Waals surface area contributed by atoms with Crippen molar-refractivity contribution in [3.05, 3.63) is 17.3 Å². The number of nitrogens with two attached hydrogens (primary N) is 1. The van der Waals surface area contributed by atoms with Crippen LogP contribution in [0.1, 0.15) is 19.8 Å². The molecule has 88 valence electrons. The van der Waals surface area contributed by atoms with Gasteiger partial charge in [-0.3, -0.25) is 4.79 Å². The van der Waals surface area contributed by atoms with E-state index in [1.807, 2.05) is 6.92 Å². The van der Waals surface area contributed by atoms with E-state index in [1.54, 1.807) is 12.1 Å².